The Kier molecular flexibility index (Phi) is 1.40. The molecular formula is C5H6N3O+. The molecule has 0 bridgehead atoms. The van der Waals surface area contributed by atoms with Gasteiger partial charge in [-0.3, -0.25) is 4.79 Å². The third-order valence-corrected chi connectivity index (χ3v) is 0.845. The predicted molar refractivity (Wildman–Crippen MR) is 31.7 cm³/mol. The molecule has 0 fully saturated rings. The van der Waals surface area contributed by atoms with E-state index in [1.54, 1.807) is 0 Å². The van der Waals surface area contributed by atoms with Gasteiger partial charge in [0.05, 0.1) is 5.56 Å². The van der Waals surface area contributed by atoms with Crippen molar-refractivity contribution in [3.8, 4) is 0 Å². The number of amides is 1. The van der Waals surface area contributed by atoms with E-state index in [-0.39, 0.29) is 1.43 Å². The van der Waals surface area contributed by atoms with Gasteiger partial charge in [0.1, 0.15) is 6.33 Å². The van der Waals surface area contributed by atoms with Gasteiger partial charge in [-0.2, -0.15) is 0 Å². The second kappa shape index (κ2) is 2.21. The number of nitrogens with two attached hydrogens (primary N) is 1. The zero-order valence-electron chi connectivity index (χ0n) is 5.61. The zero-order chi connectivity index (χ0) is 6.69. The summed E-state index contributed by atoms with van der Waals surface area (Å²) >= 11 is 0. The maximum Gasteiger partial charge on any atom is 1.00 e. The molecule has 0 saturated heterocycles. The van der Waals surface area contributed by atoms with Gasteiger partial charge in [0.15, 0.2) is 0 Å². The molecule has 9 heavy (non-hydrogen) atoms. The lowest BCUT2D eigenvalue weighted by Crippen LogP contribution is -2.11. The Morgan fingerprint density at radius 1 is 1.56 bits per heavy atom. The summed E-state index contributed by atoms with van der Waals surface area (Å²) in [6, 6.07) is 0. The fraction of sp³-hybridized carbons (Fsp3) is 0. The van der Waals surface area contributed by atoms with Crippen molar-refractivity contribution in [3.63, 3.8) is 0 Å². The van der Waals surface area contributed by atoms with E-state index in [0.717, 1.165) is 0 Å². The van der Waals surface area contributed by atoms with Crippen LogP contribution < -0.4 is 5.73 Å². The van der Waals surface area contributed by atoms with Crippen LogP contribution in [-0.4, -0.2) is 15.9 Å². The quantitative estimate of drug-likeness (QED) is 0.558. The average Bonchev–Trinajstić information content (AvgIpc) is 1.90. The topological polar surface area (TPSA) is 68.9 Å². The van der Waals surface area contributed by atoms with Crippen LogP contribution in [0.3, 0.4) is 0 Å². The van der Waals surface area contributed by atoms with Gasteiger partial charge in [-0.25, -0.2) is 9.97 Å². The number of primary amides is 1. The summed E-state index contributed by atoms with van der Waals surface area (Å²) in [5.74, 6) is -0.504. The van der Waals surface area contributed by atoms with Gasteiger partial charge < -0.3 is 5.73 Å². The largest absolute Gasteiger partial charge is 1.00 e. The summed E-state index contributed by atoms with van der Waals surface area (Å²) < 4.78 is 0. The molecule has 4 nitrogen and oxygen atoms in total. The predicted octanol–water partition coefficient (Wildman–Crippen LogP) is -0.312. The molecule has 0 spiro atoms. The molecule has 0 unspecified atom stereocenters. The Hall–Kier alpha value is -1.45. The van der Waals surface area contributed by atoms with Crippen molar-refractivity contribution in [2.45, 2.75) is 0 Å². The summed E-state index contributed by atoms with van der Waals surface area (Å²) in [5, 5.41) is 0. The molecule has 0 aromatic carbocycles. The first-order valence-electron chi connectivity index (χ1n) is 2.35. The second-order valence-electron chi connectivity index (χ2n) is 1.49. The molecule has 1 rings (SSSR count). The molecular weight excluding hydrogens is 118 g/mol. The van der Waals surface area contributed by atoms with Gasteiger partial charge in [0.25, 0.3) is 5.91 Å². The zero-order valence-corrected chi connectivity index (χ0v) is 4.61. The summed E-state index contributed by atoms with van der Waals surface area (Å²) in [6.45, 7) is 0. The summed E-state index contributed by atoms with van der Waals surface area (Å²) in [5.41, 5.74) is 5.23. The molecule has 0 aliphatic rings. The average molecular weight is 124 g/mol. The smallest absolute Gasteiger partial charge is 0.366 e. The minimum Gasteiger partial charge on any atom is -0.366 e. The van der Waals surface area contributed by atoms with E-state index in [1.807, 2.05) is 0 Å². The van der Waals surface area contributed by atoms with Crippen LogP contribution in [-0.2, 0) is 0 Å². The lowest BCUT2D eigenvalue weighted by Gasteiger charge is -1.88. The molecule has 1 amide bonds. The fourth-order valence-electron chi connectivity index (χ4n) is 0.426. The van der Waals surface area contributed by atoms with Gasteiger partial charge in [0, 0.05) is 12.4 Å². The van der Waals surface area contributed by atoms with E-state index in [1.165, 1.54) is 18.7 Å². The van der Waals surface area contributed by atoms with Crippen LogP contribution in [0.2, 0.25) is 0 Å². The number of rotatable bonds is 1. The molecule has 4 heteroatoms. The van der Waals surface area contributed by atoms with Crippen molar-refractivity contribution in [2.24, 2.45) is 5.73 Å². The maximum absolute atomic E-state index is 10.3. The van der Waals surface area contributed by atoms with Crippen LogP contribution in [0, 0.1) is 0 Å². The Balaban J connectivity index is 0.000000810. The molecule has 0 saturated carbocycles. The minimum atomic E-state index is -0.504. The van der Waals surface area contributed by atoms with Gasteiger partial charge in [-0.1, -0.05) is 0 Å². The number of nitrogens with zero attached hydrogens (tertiary/aromatic N) is 2. The lowest BCUT2D eigenvalue weighted by atomic mass is 10.3. The van der Waals surface area contributed by atoms with E-state index in [4.69, 9.17) is 5.73 Å². The van der Waals surface area contributed by atoms with Crippen LogP contribution in [0.1, 0.15) is 11.8 Å². The molecule has 0 atom stereocenters. The Labute approximate surface area is 53.2 Å². The first-order valence-corrected chi connectivity index (χ1v) is 2.35. The first kappa shape index (κ1) is 5.68. The number of carbonyl (C=O) groups excluding carboxylic acids is 1. The van der Waals surface area contributed by atoms with E-state index in [0.29, 0.717) is 5.56 Å². The highest BCUT2D eigenvalue weighted by atomic mass is 16.1. The second-order valence-corrected chi connectivity index (χ2v) is 1.49. The van der Waals surface area contributed by atoms with Crippen LogP contribution in [0.5, 0.6) is 0 Å². The van der Waals surface area contributed by atoms with E-state index < -0.39 is 5.91 Å². The molecule has 1 heterocycles. The molecule has 1 aromatic rings. The summed E-state index contributed by atoms with van der Waals surface area (Å²) in [4.78, 5) is 17.5. The highest BCUT2D eigenvalue weighted by Crippen LogP contribution is 1.87. The monoisotopic (exact) mass is 124 g/mol. The van der Waals surface area contributed by atoms with Crippen molar-refractivity contribution < 1.29 is 6.22 Å². The fourth-order valence-corrected chi connectivity index (χ4v) is 0.426. The van der Waals surface area contributed by atoms with E-state index >= 15 is 0 Å². The standard InChI is InChI=1S/C5H5N3O/c6-5(9)4-1-7-3-8-2-4/h1-3H,(H2,6,9)/p+1. The number of carbonyl (C=O) groups is 1. The molecule has 0 aliphatic carbocycles. The van der Waals surface area contributed by atoms with Crippen molar-refractivity contribution >= 4 is 5.91 Å². The van der Waals surface area contributed by atoms with Gasteiger partial charge in [0.2, 0.25) is 0 Å². The van der Waals surface area contributed by atoms with E-state index in [2.05, 4.69) is 9.97 Å². The Morgan fingerprint density at radius 3 is 2.44 bits per heavy atom. The first-order chi connectivity index (χ1) is 4.30. The van der Waals surface area contributed by atoms with Crippen molar-refractivity contribution in [3.05, 3.63) is 24.3 Å². The number of aromatic nitrogens is 2. The Morgan fingerprint density at radius 2 is 2.11 bits per heavy atom. The molecule has 0 radical (unpaired) electrons. The molecule has 0 aliphatic heterocycles. The van der Waals surface area contributed by atoms with E-state index in [9.17, 15) is 4.79 Å². The Bertz CT molecular complexity index is 213. The molecule has 46 valence electrons. The van der Waals surface area contributed by atoms with Crippen LogP contribution in [0.25, 0.3) is 0 Å². The van der Waals surface area contributed by atoms with Gasteiger partial charge in [-0.15, -0.1) is 0 Å². The van der Waals surface area contributed by atoms with Crippen molar-refractivity contribution in [2.75, 3.05) is 0 Å². The number of hydrogen-bond donors (Lipinski definition) is 1. The highest BCUT2D eigenvalue weighted by Gasteiger charge is 1.96. The normalized spacial score (nSPS) is 8.89. The summed E-state index contributed by atoms with van der Waals surface area (Å²) in [7, 11) is 0. The molecule has 2 N–H and O–H groups in total. The lowest BCUT2D eigenvalue weighted by molar-refractivity contribution is 0.0999. The van der Waals surface area contributed by atoms with Crippen molar-refractivity contribution in [1.29, 1.82) is 0 Å². The molecule has 1 aromatic heterocycles. The third-order valence-electron chi connectivity index (χ3n) is 0.845. The summed E-state index contributed by atoms with van der Waals surface area (Å²) in [6.07, 6.45) is 4.08. The SMILES string of the molecule is NC(=O)c1cncnc1.[H+]. The minimum absolute atomic E-state index is 0. The van der Waals surface area contributed by atoms with Crippen molar-refractivity contribution in [1.82, 2.24) is 9.97 Å². The van der Waals surface area contributed by atoms with Crippen LogP contribution in [0.15, 0.2) is 18.7 Å². The van der Waals surface area contributed by atoms with Crippen LogP contribution in [0.4, 0.5) is 0 Å². The van der Waals surface area contributed by atoms with Gasteiger partial charge in [-0.05, 0) is 0 Å². The third kappa shape index (κ3) is 1.22. The van der Waals surface area contributed by atoms with Gasteiger partial charge >= 0.3 is 1.43 Å². The number of hydrogen-bond acceptors (Lipinski definition) is 3. The maximum atomic E-state index is 10.3. The van der Waals surface area contributed by atoms with Crippen LogP contribution >= 0.6 is 0 Å². The highest BCUT2D eigenvalue weighted by molar-refractivity contribution is 5.91.